The minimum absolute atomic E-state index is 0.197. The first-order valence-electron chi connectivity index (χ1n) is 5.95. The standard InChI is InChI=1S/C14H22INO2S/c1-11(2)8-9-14(6,7)16(19-15)10-12(17)18-13(3,4)5/h1,10H2,2-7H3. The highest BCUT2D eigenvalue weighted by atomic mass is 127. The van der Waals surface area contributed by atoms with Crippen LogP contribution in [-0.4, -0.2) is 28.0 Å². The average molecular weight is 395 g/mol. The molecule has 0 rings (SSSR count). The number of halogens is 1. The SMILES string of the molecule is C=C(C)C#CC(C)(C)N(CC(=O)OC(C)(C)C)SI. The molecule has 0 bridgehead atoms. The number of carbonyl (C=O) groups excluding carboxylic acids is 1. The summed E-state index contributed by atoms with van der Waals surface area (Å²) in [4.78, 5) is 11.9. The second-order valence-corrected chi connectivity index (χ2v) is 7.54. The molecule has 0 aliphatic carbocycles. The van der Waals surface area contributed by atoms with Gasteiger partial charge in [0.25, 0.3) is 0 Å². The van der Waals surface area contributed by atoms with Crippen LogP contribution in [0.2, 0.25) is 0 Å². The van der Waals surface area contributed by atoms with Gasteiger partial charge in [-0.1, -0.05) is 18.4 Å². The Morgan fingerprint density at radius 1 is 1.37 bits per heavy atom. The summed E-state index contributed by atoms with van der Waals surface area (Å²) in [5.74, 6) is 5.84. The lowest BCUT2D eigenvalue weighted by molar-refractivity contribution is -0.155. The van der Waals surface area contributed by atoms with Crippen molar-refractivity contribution < 1.29 is 9.53 Å². The predicted octanol–water partition coefficient (Wildman–Crippen LogP) is 3.99. The molecular weight excluding hydrogens is 373 g/mol. The van der Waals surface area contributed by atoms with Gasteiger partial charge in [0.1, 0.15) is 12.1 Å². The van der Waals surface area contributed by atoms with Crippen molar-refractivity contribution in [3.8, 4) is 11.8 Å². The molecule has 0 aliphatic heterocycles. The number of esters is 1. The summed E-state index contributed by atoms with van der Waals surface area (Å²) in [7, 11) is 1.45. The Hall–Kier alpha value is -0.190. The molecule has 0 saturated carbocycles. The molecule has 0 aromatic carbocycles. The van der Waals surface area contributed by atoms with Crippen LogP contribution in [0.1, 0.15) is 41.5 Å². The van der Waals surface area contributed by atoms with Crippen LogP contribution in [0, 0.1) is 11.8 Å². The lowest BCUT2D eigenvalue weighted by Crippen LogP contribution is -2.42. The number of rotatable bonds is 4. The van der Waals surface area contributed by atoms with Crippen molar-refractivity contribution in [2.24, 2.45) is 0 Å². The normalized spacial score (nSPS) is 11.8. The second-order valence-electron chi connectivity index (χ2n) is 5.78. The summed E-state index contributed by atoms with van der Waals surface area (Å²) in [5.41, 5.74) is -0.0859. The lowest BCUT2D eigenvalue weighted by Gasteiger charge is -2.31. The van der Waals surface area contributed by atoms with Crippen LogP contribution in [0.4, 0.5) is 0 Å². The van der Waals surface area contributed by atoms with E-state index in [1.165, 1.54) is 9.12 Å². The quantitative estimate of drug-likeness (QED) is 0.312. The van der Waals surface area contributed by atoms with E-state index in [2.05, 4.69) is 39.6 Å². The molecule has 0 N–H and O–H groups in total. The van der Waals surface area contributed by atoms with Crippen molar-refractivity contribution in [1.82, 2.24) is 4.31 Å². The third-order valence-corrected chi connectivity index (χ3v) is 4.16. The molecule has 0 atom stereocenters. The van der Waals surface area contributed by atoms with Gasteiger partial charge in [0.05, 0.1) is 5.54 Å². The third-order valence-electron chi connectivity index (χ3n) is 1.98. The third kappa shape index (κ3) is 8.56. The van der Waals surface area contributed by atoms with Crippen molar-refractivity contribution in [2.75, 3.05) is 6.54 Å². The molecule has 0 aromatic heterocycles. The van der Waals surface area contributed by atoms with Crippen molar-refractivity contribution >= 4 is 36.3 Å². The van der Waals surface area contributed by atoms with Crippen molar-refractivity contribution in [3.05, 3.63) is 12.2 Å². The summed E-state index contributed by atoms with van der Waals surface area (Å²) in [6.45, 7) is 15.3. The number of ether oxygens (including phenoxy) is 1. The second kappa shape index (κ2) is 7.55. The molecule has 0 unspecified atom stereocenters. The first kappa shape index (κ1) is 18.8. The fraction of sp³-hybridized carbons (Fsp3) is 0.643. The van der Waals surface area contributed by atoms with E-state index in [1.54, 1.807) is 0 Å². The van der Waals surface area contributed by atoms with E-state index in [-0.39, 0.29) is 12.5 Å². The van der Waals surface area contributed by atoms with Gasteiger partial charge in [0.2, 0.25) is 0 Å². The molecule has 0 saturated heterocycles. The first-order chi connectivity index (χ1) is 8.48. The van der Waals surface area contributed by atoms with E-state index in [0.717, 1.165) is 5.57 Å². The molecule has 3 nitrogen and oxygen atoms in total. The van der Waals surface area contributed by atoms with Gasteiger partial charge in [-0.2, -0.15) is 0 Å². The van der Waals surface area contributed by atoms with E-state index in [4.69, 9.17) is 4.74 Å². The van der Waals surface area contributed by atoms with Crippen molar-refractivity contribution in [1.29, 1.82) is 0 Å². The van der Waals surface area contributed by atoms with Crippen LogP contribution in [0.3, 0.4) is 0 Å². The summed E-state index contributed by atoms with van der Waals surface area (Å²) >= 11 is 2.15. The van der Waals surface area contributed by atoms with E-state index in [9.17, 15) is 4.79 Å². The monoisotopic (exact) mass is 395 g/mol. The number of hydrogen-bond donors (Lipinski definition) is 0. The Morgan fingerprint density at radius 2 is 1.89 bits per heavy atom. The Morgan fingerprint density at radius 3 is 2.26 bits per heavy atom. The van der Waals surface area contributed by atoms with E-state index in [1.807, 2.05) is 45.8 Å². The maximum absolute atomic E-state index is 11.9. The van der Waals surface area contributed by atoms with Crippen molar-refractivity contribution in [2.45, 2.75) is 52.7 Å². The highest BCUT2D eigenvalue weighted by molar-refractivity contribution is 14.2. The molecule has 19 heavy (non-hydrogen) atoms. The van der Waals surface area contributed by atoms with E-state index >= 15 is 0 Å². The van der Waals surface area contributed by atoms with Gasteiger partial charge in [-0.25, -0.2) is 4.31 Å². The number of allylic oxidation sites excluding steroid dienone is 1. The number of hydrogen-bond acceptors (Lipinski definition) is 4. The fourth-order valence-electron chi connectivity index (χ4n) is 1.12. The maximum atomic E-state index is 11.9. The topological polar surface area (TPSA) is 29.5 Å². The molecule has 0 fully saturated rings. The zero-order valence-corrected chi connectivity index (χ0v) is 15.4. The van der Waals surface area contributed by atoms with Gasteiger partial charge in [0, 0.05) is 21.2 Å². The fourth-order valence-corrected chi connectivity index (χ4v) is 3.39. The average Bonchev–Trinajstić information content (AvgIpc) is 2.20. The lowest BCUT2D eigenvalue weighted by atomic mass is 10.1. The highest BCUT2D eigenvalue weighted by Gasteiger charge is 2.29. The Kier molecular flexibility index (Phi) is 7.48. The molecule has 5 heteroatoms. The number of carbonyl (C=O) groups is 1. The maximum Gasteiger partial charge on any atom is 0.321 e. The smallest absolute Gasteiger partial charge is 0.321 e. The molecular formula is C14H22INO2S. The van der Waals surface area contributed by atoms with Crippen LogP contribution in [-0.2, 0) is 9.53 Å². The zero-order chi connectivity index (χ0) is 15.3. The predicted molar refractivity (Wildman–Crippen MR) is 90.8 cm³/mol. The van der Waals surface area contributed by atoms with Crippen LogP contribution in [0.25, 0.3) is 0 Å². The molecule has 0 aromatic rings. The molecule has 0 spiro atoms. The Labute approximate surface area is 133 Å². The van der Waals surface area contributed by atoms with Gasteiger partial charge in [-0.15, -0.1) is 0 Å². The van der Waals surface area contributed by atoms with Gasteiger partial charge in [-0.3, -0.25) is 4.79 Å². The summed E-state index contributed by atoms with van der Waals surface area (Å²) in [6.07, 6.45) is 0. The minimum Gasteiger partial charge on any atom is -0.459 e. The number of nitrogens with zero attached hydrogens (tertiary/aromatic N) is 1. The highest BCUT2D eigenvalue weighted by Crippen LogP contribution is 2.28. The summed E-state index contributed by atoms with van der Waals surface area (Å²) in [5, 5.41) is 0. The van der Waals surface area contributed by atoms with Gasteiger partial charge >= 0.3 is 5.97 Å². The molecule has 0 aliphatic rings. The summed E-state index contributed by atoms with van der Waals surface area (Å²) < 4.78 is 7.23. The van der Waals surface area contributed by atoms with E-state index < -0.39 is 11.1 Å². The Bertz CT molecular complexity index is 402. The van der Waals surface area contributed by atoms with Gasteiger partial charge in [0.15, 0.2) is 0 Å². The van der Waals surface area contributed by atoms with Crippen molar-refractivity contribution in [3.63, 3.8) is 0 Å². The largest absolute Gasteiger partial charge is 0.459 e. The first-order valence-corrected chi connectivity index (χ1v) is 9.26. The van der Waals surface area contributed by atoms with Crippen LogP contribution in [0.15, 0.2) is 12.2 Å². The van der Waals surface area contributed by atoms with E-state index in [0.29, 0.717) is 0 Å². The minimum atomic E-state index is -0.466. The van der Waals surface area contributed by atoms with Crippen LogP contribution in [0.5, 0.6) is 0 Å². The molecule has 0 heterocycles. The summed E-state index contributed by atoms with van der Waals surface area (Å²) in [6, 6.07) is 0. The Balaban J connectivity index is 4.80. The van der Waals surface area contributed by atoms with Gasteiger partial charge in [-0.05, 0) is 56.2 Å². The van der Waals surface area contributed by atoms with Crippen LogP contribution >= 0.6 is 30.3 Å². The zero-order valence-electron chi connectivity index (χ0n) is 12.5. The molecule has 108 valence electrons. The molecule has 0 amide bonds. The molecule has 0 radical (unpaired) electrons. The van der Waals surface area contributed by atoms with Crippen LogP contribution < -0.4 is 0 Å². The van der Waals surface area contributed by atoms with Gasteiger partial charge < -0.3 is 4.74 Å².